The van der Waals surface area contributed by atoms with Crippen LogP contribution in [0.2, 0.25) is 0 Å². The number of ether oxygens (including phenoxy) is 5. The van der Waals surface area contributed by atoms with Crippen LogP contribution in [0.1, 0.15) is 195 Å². The van der Waals surface area contributed by atoms with Crippen molar-refractivity contribution in [2.24, 2.45) is 17.8 Å². The van der Waals surface area contributed by atoms with Gasteiger partial charge in [0, 0.05) is 20.3 Å². The fraction of sp³-hybridized carbons (Fsp3) is 0.279. The monoisotopic (exact) mass is 1900 g/mol. The molecule has 1 saturated carbocycles. The standard InChI is InChI=1S/C33H34O4.C31H32O4.2C22H12O3.C8H18O.C3H8O.C2H6O.CH4.H2S/c1-20(2)26-14-13-21(3)15-31(26)37-33(35)30-19-25-12-8-6-10-23(25)17-28(30)27-16-22-9-5-7-11-24(22)18-29(27)32(34)36-4;1-4-5-6-7-12-21(2)35-31(33)29-20-25-16-11-9-14-23(25)18-27(29)26-17-22-13-8-10-15-24(22)19-28(26)30(32)34-3;2*23-21-19-11-15-7-3-1-5-13(15)9-17(19)18-10-14-6-2-4-8-16(14)12-20(18)22(24)25-21;1-3-4-5-6-7-8(2)9;1-3-4-2;1-2-3;;/h5-12,16-21,26,31H,13-15H2,1-4H3;8-11,13-21H,4-7,12H2,1-3H3;2*1-12H;8-9H,3-7H2,1-2H3;3H2,1-2H3;3H,2H2,1H3;1H4;1H2/t21-,26+,31-;21-;;;8-;;;;/m01..1..../s1. The topological polar surface area (TPSA) is 249 Å². The molecular weight excluding hydrogens is 1770 g/mol. The summed E-state index contributed by atoms with van der Waals surface area (Å²) in [6, 6.07) is 93.2. The normalized spacial score (nSPS) is 13.6. The number of fused-ring (bicyclic) bond motifs is 14. The maximum absolute atomic E-state index is 13.9. The van der Waals surface area contributed by atoms with Crippen LogP contribution in [0.5, 0.6) is 0 Å². The average Bonchev–Trinajstić information content (AvgIpc) is 1.57. The minimum Gasteiger partial charge on any atom is -0.465 e. The van der Waals surface area contributed by atoms with E-state index >= 15 is 0 Å². The van der Waals surface area contributed by atoms with E-state index in [-0.39, 0.29) is 57.8 Å². The van der Waals surface area contributed by atoms with E-state index in [2.05, 4.69) is 39.4 Å². The van der Waals surface area contributed by atoms with Gasteiger partial charge < -0.3 is 42.7 Å². The van der Waals surface area contributed by atoms with Crippen LogP contribution in [0.3, 0.4) is 0 Å². The van der Waals surface area contributed by atoms with Gasteiger partial charge in [-0.1, -0.05) is 288 Å². The molecule has 5 atom stereocenters. The molecule has 2 aromatic heterocycles. The number of methoxy groups -OCH3 is 3. The van der Waals surface area contributed by atoms with Gasteiger partial charge in [0.1, 0.15) is 6.10 Å². The van der Waals surface area contributed by atoms with Gasteiger partial charge in [0.2, 0.25) is 0 Å². The fourth-order valence-corrected chi connectivity index (χ4v) is 18.1. The Kier molecular flexibility index (Phi) is 38.8. The number of hydrogen-bond donors (Lipinski definition) is 2. The fourth-order valence-electron chi connectivity index (χ4n) is 18.1. The van der Waals surface area contributed by atoms with E-state index in [4.69, 9.17) is 38.0 Å². The molecule has 0 amide bonds. The first-order valence-electron chi connectivity index (χ1n) is 48.0. The number of aliphatic hydroxyl groups is 2. The molecule has 0 aliphatic heterocycles. The van der Waals surface area contributed by atoms with Crippen LogP contribution in [0, 0.1) is 17.8 Å². The molecule has 0 spiro atoms. The number of rotatable bonds is 20. The molecule has 0 unspecified atom stereocenters. The zero-order valence-electron chi connectivity index (χ0n) is 81.3. The van der Waals surface area contributed by atoms with Crippen LogP contribution in [0.15, 0.2) is 319 Å². The highest BCUT2D eigenvalue weighted by molar-refractivity contribution is 7.59. The van der Waals surface area contributed by atoms with Crippen molar-refractivity contribution < 1.29 is 61.9 Å². The number of hydrogen-bond acceptors (Lipinski definition) is 17. The second-order valence-electron chi connectivity index (χ2n) is 35.7. The largest absolute Gasteiger partial charge is 0.465 e. The van der Waals surface area contributed by atoms with Gasteiger partial charge in [-0.3, -0.25) is 0 Å². The third-order valence-corrected chi connectivity index (χ3v) is 25.5. The third-order valence-electron chi connectivity index (χ3n) is 25.5. The molecule has 18 heteroatoms. The Morgan fingerprint density at radius 2 is 0.593 bits per heavy atom. The van der Waals surface area contributed by atoms with Gasteiger partial charge in [-0.25, -0.2) is 38.4 Å². The molecule has 0 bridgehead atoms. The first-order chi connectivity index (χ1) is 66.9. The van der Waals surface area contributed by atoms with Crippen molar-refractivity contribution in [3.8, 4) is 22.3 Å². The summed E-state index contributed by atoms with van der Waals surface area (Å²) in [5, 5.41) is 36.5. The molecule has 18 aromatic rings. The Morgan fingerprint density at radius 3 is 0.843 bits per heavy atom. The van der Waals surface area contributed by atoms with E-state index in [1.54, 1.807) is 38.3 Å². The lowest BCUT2D eigenvalue weighted by atomic mass is 9.75. The summed E-state index contributed by atoms with van der Waals surface area (Å²) in [5.74, 6) is -0.289. The summed E-state index contributed by atoms with van der Waals surface area (Å²) < 4.78 is 37.2. The third kappa shape index (κ3) is 26.1. The quantitative estimate of drug-likeness (QED) is 0.0409. The lowest BCUT2D eigenvalue weighted by Gasteiger charge is -2.36. The molecule has 19 rings (SSSR count). The van der Waals surface area contributed by atoms with Crippen LogP contribution in [0.4, 0.5) is 0 Å². The van der Waals surface area contributed by atoms with Crippen molar-refractivity contribution in [3.05, 3.63) is 355 Å². The van der Waals surface area contributed by atoms with Crippen molar-refractivity contribution in [2.45, 2.75) is 172 Å². The van der Waals surface area contributed by atoms with Gasteiger partial charge in [0.05, 0.1) is 70.2 Å². The van der Waals surface area contributed by atoms with Crippen molar-refractivity contribution in [1.82, 2.24) is 0 Å². The highest BCUT2D eigenvalue weighted by atomic mass is 32.1. The molecule has 16 aromatic carbocycles. The van der Waals surface area contributed by atoms with E-state index in [9.17, 15) is 38.4 Å². The SMILES string of the molecule is C.CCCCCC[C@@H](C)O.CCCCCC[C@@H](C)OC(=O)c1cc2ccccc2cc1-c1cc2ccccc2cc1C(=O)OC.CCO.CCOC.COC(=O)c1cc2ccccc2cc1-c1cc2ccccc2cc1C(=O)O[C@H]1C[C@@H](C)CC[C@@H]1C(C)C.O=c1oc(=O)c2cc3ccccc3cc2c2cc3ccccc3cc12.O=c1oc(=O)c2cc3ccccc3cc2c2cc3ccccc3cc12.S. The second-order valence-corrected chi connectivity index (χ2v) is 35.7. The van der Waals surface area contributed by atoms with Crippen LogP contribution in [-0.4, -0.2) is 86.9 Å². The molecule has 0 radical (unpaired) electrons. The predicted octanol–water partition coefficient (Wildman–Crippen LogP) is 29.0. The zero-order valence-corrected chi connectivity index (χ0v) is 82.3. The first-order valence-corrected chi connectivity index (χ1v) is 48.0. The van der Waals surface area contributed by atoms with E-state index in [0.29, 0.717) is 83.8 Å². The van der Waals surface area contributed by atoms with Crippen LogP contribution in [0.25, 0.3) is 152 Å². The molecule has 140 heavy (non-hydrogen) atoms. The molecule has 2 N–H and O–H groups in total. The Hall–Kier alpha value is -14.0. The van der Waals surface area contributed by atoms with Gasteiger partial charge in [-0.15, -0.1) is 0 Å². The summed E-state index contributed by atoms with van der Waals surface area (Å²) in [7, 11) is 4.43. The molecule has 1 aliphatic carbocycles. The van der Waals surface area contributed by atoms with Gasteiger partial charge in [0.15, 0.2) is 0 Å². The van der Waals surface area contributed by atoms with Crippen LogP contribution < -0.4 is 22.5 Å². The highest BCUT2D eigenvalue weighted by Gasteiger charge is 2.35. The Balaban J connectivity index is 0.000000170. The maximum Gasteiger partial charge on any atom is 0.346 e. The van der Waals surface area contributed by atoms with E-state index in [0.717, 1.165) is 159 Å². The molecule has 0 saturated heterocycles. The number of esters is 4. The number of unbranched alkanes of at least 4 members (excludes halogenated alkanes) is 6. The zero-order chi connectivity index (χ0) is 98.1. The minimum atomic E-state index is -0.606. The summed E-state index contributed by atoms with van der Waals surface area (Å²) in [6.07, 6.45) is 14.1. The molecule has 2 heterocycles. The average molecular weight is 1900 g/mol. The van der Waals surface area contributed by atoms with E-state index in [1.807, 2.05) is 288 Å². The highest BCUT2D eigenvalue weighted by Crippen LogP contribution is 2.42. The summed E-state index contributed by atoms with van der Waals surface area (Å²) in [6.45, 7) is 19.5. The molecular formula is C122H128O17S. The summed E-state index contributed by atoms with van der Waals surface area (Å²) in [4.78, 5) is 103. The first kappa shape index (κ1) is 106. The van der Waals surface area contributed by atoms with Crippen LogP contribution >= 0.6 is 13.5 Å². The van der Waals surface area contributed by atoms with Gasteiger partial charge in [-0.2, -0.15) is 13.5 Å². The summed E-state index contributed by atoms with van der Waals surface area (Å²) in [5.41, 5.74) is 2.01. The van der Waals surface area contributed by atoms with Gasteiger partial charge in [-0.05, 0) is 305 Å². The van der Waals surface area contributed by atoms with Crippen LogP contribution in [-0.2, 0) is 23.7 Å². The number of benzene rings is 16. The summed E-state index contributed by atoms with van der Waals surface area (Å²) >= 11 is 0. The van der Waals surface area contributed by atoms with Crippen molar-refractivity contribution >= 4 is 167 Å². The maximum atomic E-state index is 13.9. The Morgan fingerprint density at radius 1 is 0.350 bits per heavy atom. The van der Waals surface area contributed by atoms with E-state index < -0.39 is 34.4 Å². The lowest BCUT2D eigenvalue weighted by molar-refractivity contribution is -0.0173. The molecule has 1 aliphatic rings. The smallest absolute Gasteiger partial charge is 0.346 e. The van der Waals surface area contributed by atoms with Crippen molar-refractivity contribution in [3.63, 3.8) is 0 Å². The number of carbonyl (C=O) groups is 4. The van der Waals surface area contributed by atoms with E-state index in [1.165, 1.54) is 52.7 Å². The lowest BCUT2D eigenvalue weighted by Crippen LogP contribution is -2.36. The van der Waals surface area contributed by atoms with Gasteiger partial charge >= 0.3 is 46.4 Å². The molecule has 1 fully saturated rings. The Labute approximate surface area is 824 Å². The second kappa shape index (κ2) is 51.1. The molecule has 17 nitrogen and oxygen atoms in total. The predicted molar refractivity (Wildman–Crippen MR) is 581 cm³/mol. The minimum absolute atomic E-state index is 0. The molecule has 724 valence electrons. The van der Waals surface area contributed by atoms with Gasteiger partial charge in [0.25, 0.3) is 0 Å². The number of carbonyl (C=O) groups excluding carboxylic acids is 4. The Bertz CT molecular complexity index is 7240. The van der Waals surface area contributed by atoms with Crippen molar-refractivity contribution in [2.75, 3.05) is 34.5 Å². The van der Waals surface area contributed by atoms with Crippen molar-refractivity contribution in [1.29, 1.82) is 0 Å². The number of aliphatic hydroxyl groups excluding tert-OH is 2.